The molecule has 104 valence electrons. The van der Waals surface area contributed by atoms with Gasteiger partial charge in [0.15, 0.2) is 5.16 Å². The average Bonchev–Trinajstić information content (AvgIpc) is 2.47. The van der Waals surface area contributed by atoms with Crippen LogP contribution in [-0.2, 0) is 0 Å². The van der Waals surface area contributed by atoms with E-state index in [0.29, 0.717) is 16.5 Å². The van der Waals surface area contributed by atoms with Gasteiger partial charge in [-0.2, -0.15) is 0 Å². The molecule has 0 spiro atoms. The van der Waals surface area contributed by atoms with Gasteiger partial charge >= 0.3 is 0 Å². The van der Waals surface area contributed by atoms with Crippen LogP contribution in [0.3, 0.4) is 0 Å². The van der Waals surface area contributed by atoms with Gasteiger partial charge in [0.1, 0.15) is 11.6 Å². The average molecular weight is 289 g/mol. The molecule has 0 amide bonds. The molecule has 0 aliphatic rings. The summed E-state index contributed by atoms with van der Waals surface area (Å²) in [6.45, 7) is 2.00. The van der Waals surface area contributed by atoms with Crippen LogP contribution in [0.25, 0.3) is 0 Å². The maximum absolute atomic E-state index is 12.5. The molecule has 2 rings (SSSR count). The minimum absolute atomic E-state index is 0.187. The summed E-state index contributed by atoms with van der Waals surface area (Å²) in [5.41, 5.74) is 6.59. The molecule has 1 aromatic heterocycles. The Morgan fingerprint density at radius 1 is 1.35 bits per heavy atom. The molecule has 0 aliphatic carbocycles. The fourth-order valence-corrected chi connectivity index (χ4v) is 2.28. The van der Waals surface area contributed by atoms with Crippen LogP contribution in [0.2, 0.25) is 0 Å². The number of anilines is 1. The zero-order valence-electron chi connectivity index (χ0n) is 11.3. The first-order valence-electron chi connectivity index (χ1n) is 6.10. The lowest BCUT2D eigenvalue weighted by atomic mass is 10.0. The molecular formula is C14H15N3O2S. The normalized spacial score (nSPS) is 10.3. The third-order valence-corrected chi connectivity index (χ3v) is 3.41. The Bertz CT molecular complexity index is 632. The molecule has 1 aromatic carbocycles. The van der Waals surface area contributed by atoms with E-state index in [-0.39, 0.29) is 17.2 Å². The number of methoxy groups -OCH3 is 1. The number of hydrogen-bond acceptors (Lipinski definition) is 6. The van der Waals surface area contributed by atoms with Gasteiger partial charge in [-0.25, -0.2) is 9.97 Å². The number of benzene rings is 1. The highest BCUT2D eigenvalue weighted by molar-refractivity contribution is 7.99. The summed E-state index contributed by atoms with van der Waals surface area (Å²) < 4.78 is 5.18. The molecule has 20 heavy (non-hydrogen) atoms. The third-order valence-electron chi connectivity index (χ3n) is 2.67. The molecular weight excluding hydrogens is 274 g/mol. The van der Waals surface area contributed by atoms with Crippen molar-refractivity contribution in [2.75, 3.05) is 18.6 Å². The molecule has 6 heteroatoms. The minimum Gasteiger partial charge on any atom is -0.496 e. The summed E-state index contributed by atoms with van der Waals surface area (Å²) >= 11 is 1.48. The van der Waals surface area contributed by atoms with Gasteiger partial charge in [-0.3, -0.25) is 4.79 Å². The summed E-state index contributed by atoms with van der Waals surface area (Å²) in [5.74, 6) is 1.29. The van der Waals surface area contributed by atoms with Gasteiger partial charge in [-0.05, 0) is 17.9 Å². The van der Waals surface area contributed by atoms with Crippen LogP contribution in [0.4, 0.5) is 5.82 Å². The molecule has 1 heterocycles. The molecule has 5 nitrogen and oxygen atoms in total. The number of carbonyl (C=O) groups is 1. The van der Waals surface area contributed by atoms with Crippen LogP contribution in [0.5, 0.6) is 5.75 Å². The predicted octanol–water partition coefficient (Wildman–Crippen LogP) is 2.41. The zero-order chi connectivity index (χ0) is 14.5. The van der Waals surface area contributed by atoms with Crippen molar-refractivity contribution in [1.82, 2.24) is 9.97 Å². The van der Waals surface area contributed by atoms with E-state index in [9.17, 15) is 4.79 Å². The van der Waals surface area contributed by atoms with Crippen LogP contribution < -0.4 is 10.5 Å². The minimum atomic E-state index is -0.243. The van der Waals surface area contributed by atoms with Crippen molar-refractivity contribution in [2.45, 2.75) is 12.1 Å². The highest BCUT2D eigenvalue weighted by Gasteiger charge is 2.18. The van der Waals surface area contributed by atoms with E-state index in [0.717, 1.165) is 5.75 Å². The molecule has 0 saturated heterocycles. The lowest BCUT2D eigenvalue weighted by Crippen LogP contribution is -2.10. The van der Waals surface area contributed by atoms with Crippen LogP contribution in [0, 0.1) is 0 Å². The number of para-hydroxylation sites is 1. The van der Waals surface area contributed by atoms with Gasteiger partial charge in [-0.1, -0.05) is 30.8 Å². The lowest BCUT2D eigenvalue weighted by molar-refractivity contribution is 0.103. The third kappa shape index (κ3) is 2.91. The SMILES string of the molecule is CCSc1ncc(C(=O)c2ccccc2OC)c(N)n1. The summed E-state index contributed by atoms with van der Waals surface area (Å²) in [4.78, 5) is 20.7. The van der Waals surface area contributed by atoms with E-state index >= 15 is 0 Å². The highest BCUT2D eigenvalue weighted by atomic mass is 32.2. The van der Waals surface area contributed by atoms with Crippen molar-refractivity contribution in [1.29, 1.82) is 0 Å². The first-order valence-corrected chi connectivity index (χ1v) is 7.09. The molecule has 0 atom stereocenters. The number of ether oxygens (including phenoxy) is 1. The van der Waals surface area contributed by atoms with Crippen LogP contribution in [0.1, 0.15) is 22.8 Å². The van der Waals surface area contributed by atoms with Crippen molar-refractivity contribution >= 4 is 23.4 Å². The molecule has 0 unspecified atom stereocenters. The number of rotatable bonds is 5. The van der Waals surface area contributed by atoms with E-state index in [4.69, 9.17) is 10.5 Å². The van der Waals surface area contributed by atoms with Gasteiger partial charge in [0, 0.05) is 6.20 Å². The Hall–Kier alpha value is -2.08. The molecule has 0 fully saturated rings. The monoisotopic (exact) mass is 289 g/mol. The van der Waals surface area contributed by atoms with Crippen LogP contribution in [-0.4, -0.2) is 28.6 Å². The Morgan fingerprint density at radius 2 is 2.10 bits per heavy atom. The molecule has 0 saturated carbocycles. The molecule has 0 aliphatic heterocycles. The molecule has 0 radical (unpaired) electrons. The topological polar surface area (TPSA) is 78.1 Å². The number of aromatic nitrogens is 2. The zero-order valence-corrected chi connectivity index (χ0v) is 12.1. The fraction of sp³-hybridized carbons (Fsp3) is 0.214. The smallest absolute Gasteiger partial charge is 0.202 e. The first-order chi connectivity index (χ1) is 9.67. The number of nitrogens with two attached hydrogens (primary N) is 1. The lowest BCUT2D eigenvalue weighted by Gasteiger charge is -2.08. The Labute approximate surface area is 121 Å². The van der Waals surface area contributed by atoms with Gasteiger partial charge in [0.25, 0.3) is 0 Å². The summed E-state index contributed by atoms with van der Waals surface area (Å²) in [7, 11) is 1.52. The Balaban J connectivity index is 2.38. The predicted molar refractivity (Wildman–Crippen MR) is 79.3 cm³/mol. The van der Waals surface area contributed by atoms with E-state index in [1.165, 1.54) is 25.1 Å². The second kappa shape index (κ2) is 6.38. The standard InChI is InChI=1S/C14H15N3O2S/c1-3-20-14-16-8-10(13(15)17-14)12(18)9-6-4-5-7-11(9)19-2/h4-8H,3H2,1-2H3,(H2,15,16,17). The summed E-state index contributed by atoms with van der Waals surface area (Å²) in [6, 6.07) is 6.99. The van der Waals surface area contributed by atoms with Crippen molar-refractivity contribution < 1.29 is 9.53 Å². The fourth-order valence-electron chi connectivity index (χ4n) is 1.73. The van der Waals surface area contributed by atoms with Gasteiger partial charge in [0.2, 0.25) is 5.78 Å². The first kappa shape index (κ1) is 14.3. The Kier molecular flexibility index (Phi) is 4.57. The second-order valence-electron chi connectivity index (χ2n) is 3.91. The summed E-state index contributed by atoms with van der Waals surface area (Å²) in [5, 5.41) is 0.571. The number of carbonyl (C=O) groups excluding carboxylic acids is 1. The summed E-state index contributed by atoms with van der Waals surface area (Å²) in [6.07, 6.45) is 1.47. The highest BCUT2D eigenvalue weighted by Crippen LogP contribution is 2.24. The van der Waals surface area contributed by atoms with Crippen LogP contribution >= 0.6 is 11.8 Å². The number of nitrogen functional groups attached to an aromatic ring is 1. The van der Waals surface area contributed by atoms with Crippen LogP contribution in [0.15, 0.2) is 35.6 Å². The van der Waals surface area contributed by atoms with Crippen molar-refractivity contribution in [3.63, 3.8) is 0 Å². The molecule has 0 bridgehead atoms. The quantitative estimate of drug-likeness (QED) is 0.517. The van der Waals surface area contributed by atoms with E-state index < -0.39 is 0 Å². The van der Waals surface area contributed by atoms with Gasteiger partial charge in [0.05, 0.1) is 18.2 Å². The second-order valence-corrected chi connectivity index (χ2v) is 5.15. The number of nitrogens with zero attached hydrogens (tertiary/aromatic N) is 2. The van der Waals surface area contributed by atoms with E-state index in [1.54, 1.807) is 24.3 Å². The van der Waals surface area contributed by atoms with Crippen molar-refractivity contribution in [3.05, 3.63) is 41.6 Å². The molecule has 2 aromatic rings. The maximum Gasteiger partial charge on any atom is 0.202 e. The van der Waals surface area contributed by atoms with Crippen molar-refractivity contribution in [3.8, 4) is 5.75 Å². The van der Waals surface area contributed by atoms with E-state index in [2.05, 4.69) is 9.97 Å². The Morgan fingerprint density at radius 3 is 2.75 bits per heavy atom. The number of ketones is 1. The van der Waals surface area contributed by atoms with Gasteiger partial charge < -0.3 is 10.5 Å². The number of thioether (sulfide) groups is 1. The van der Waals surface area contributed by atoms with E-state index in [1.807, 2.05) is 6.92 Å². The van der Waals surface area contributed by atoms with Crippen molar-refractivity contribution in [2.24, 2.45) is 0 Å². The van der Waals surface area contributed by atoms with Gasteiger partial charge in [-0.15, -0.1) is 0 Å². The molecule has 2 N–H and O–H groups in total. The maximum atomic E-state index is 12.5. The largest absolute Gasteiger partial charge is 0.496 e. The number of hydrogen-bond donors (Lipinski definition) is 1.